The van der Waals surface area contributed by atoms with E-state index < -0.39 is 5.97 Å². The fraction of sp³-hybridized carbons (Fsp3) is 0.800. The molecule has 0 aromatic rings. The summed E-state index contributed by atoms with van der Waals surface area (Å²) in [4.78, 5) is 23.6. The van der Waals surface area contributed by atoms with E-state index >= 15 is 0 Å². The molecule has 1 unspecified atom stereocenters. The molecule has 1 aliphatic heterocycles. The van der Waals surface area contributed by atoms with Crippen LogP contribution in [0, 0.1) is 28.6 Å². The van der Waals surface area contributed by atoms with Crippen LogP contribution in [-0.4, -0.2) is 23.7 Å². The van der Waals surface area contributed by atoms with Gasteiger partial charge in [0.1, 0.15) is 0 Å². The summed E-state index contributed by atoms with van der Waals surface area (Å²) in [6, 6.07) is 0. The number of hydrogen-bond acceptors (Lipinski definition) is 3. The monoisotopic (exact) mass is 334 g/mol. The zero-order valence-corrected chi connectivity index (χ0v) is 15.1. The molecule has 24 heavy (non-hydrogen) atoms. The van der Waals surface area contributed by atoms with Crippen molar-refractivity contribution < 1.29 is 19.4 Å². The van der Waals surface area contributed by atoms with E-state index in [0.29, 0.717) is 24.0 Å². The summed E-state index contributed by atoms with van der Waals surface area (Å²) in [7, 11) is 0. The van der Waals surface area contributed by atoms with Crippen molar-refractivity contribution in [3.63, 3.8) is 0 Å². The van der Waals surface area contributed by atoms with Crippen LogP contribution in [0.25, 0.3) is 0 Å². The minimum absolute atomic E-state index is 0.0419. The Labute approximate surface area is 144 Å². The van der Waals surface area contributed by atoms with Crippen LogP contribution < -0.4 is 0 Å². The number of carbonyl (C=O) groups is 2. The second-order valence-electron chi connectivity index (χ2n) is 8.61. The summed E-state index contributed by atoms with van der Waals surface area (Å²) in [6.45, 7) is 7.36. The molecule has 2 aliphatic carbocycles. The third kappa shape index (κ3) is 2.68. The van der Waals surface area contributed by atoms with E-state index in [-0.39, 0.29) is 22.7 Å². The van der Waals surface area contributed by atoms with Gasteiger partial charge in [-0.2, -0.15) is 0 Å². The second-order valence-corrected chi connectivity index (χ2v) is 8.61. The molecule has 1 N–H and O–H groups in total. The van der Waals surface area contributed by atoms with E-state index in [9.17, 15) is 14.7 Å². The van der Waals surface area contributed by atoms with E-state index in [1.165, 1.54) is 0 Å². The zero-order valence-electron chi connectivity index (χ0n) is 15.1. The molecule has 1 heterocycles. The maximum absolute atomic E-state index is 11.8. The average Bonchev–Trinajstić information content (AvgIpc) is 2.94. The van der Waals surface area contributed by atoms with E-state index in [1.54, 1.807) is 0 Å². The summed E-state index contributed by atoms with van der Waals surface area (Å²) < 4.78 is 5.11. The molecule has 4 nitrogen and oxygen atoms in total. The highest BCUT2D eigenvalue weighted by Crippen LogP contribution is 2.62. The number of hydrogen-bond donors (Lipinski definition) is 1. The SMILES string of the molecule is C[C@@H]1CC[C@@]2(C)C(C(=O)O)=CCC[C@@H]2[C@@]1(C)CCC1CCOC1=O. The first-order valence-corrected chi connectivity index (χ1v) is 9.39. The van der Waals surface area contributed by atoms with E-state index in [1.807, 2.05) is 6.08 Å². The van der Waals surface area contributed by atoms with E-state index in [0.717, 1.165) is 44.9 Å². The molecule has 0 amide bonds. The Morgan fingerprint density at radius 1 is 1.33 bits per heavy atom. The lowest BCUT2D eigenvalue weighted by Gasteiger charge is -2.57. The van der Waals surface area contributed by atoms with Gasteiger partial charge < -0.3 is 9.84 Å². The smallest absolute Gasteiger partial charge is 0.331 e. The van der Waals surface area contributed by atoms with Gasteiger partial charge >= 0.3 is 11.9 Å². The van der Waals surface area contributed by atoms with Crippen LogP contribution in [0.15, 0.2) is 11.6 Å². The number of cyclic esters (lactones) is 1. The van der Waals surface area contributed by atoms with Gasteiger partial charge in [0.15, 0.2) is 0 Å². The Balaban J connectivity index is 1.84. The molecule has 1 saturated carbocycles. The molecule has 4 heteroatoms. The number of carbonyl (C=O) groups excluding carboxylic acids is 1. The number of carboxylic acid groups (broad SMARTS) is 1. The molecule has 3 aliphatic rings. The minimum Gasteiger partial charge on any atom is -0.478 e. The molecule has 3 rings (SSSR count). The fourth-order valence-electron chi connectivity index (χ4n) is 5.73. The first kappa shape index (κ1) is 17.5. The topological polar surface area (TPSA) is 63.6 Å². The molecule has 0 aromatic heterocycles. The molecule has 0 radical (unpaired) electrons. The van der Waals surface area contributed by atoms with Crippen LogP contribution in [0.5, 0.6) is 0 Å². The van der Waals surface area contributed by atoms with Gasteiger partial charge in [-0.15, -0.1) is 0 Å². The van der Waals surface area contributed by atoms with Crippen LogP contribution in [0.2, 0.25) is 0 Å². The number of carboxylic acids is 1. The van der Waals surface area contributed by atoms with Crippen LogP contribution in [0.1, 0.15) is 65.7 Å². The largest absolute Gasteiger partial charge is 0.478 e. The molecule has 2 fully saturated rings. The maximum atomic E-state index is 11.8. The second kappa shape index (κ2) is 6.20. The van der Waals surface area contributed by atoms with Gasteiger partial charge in [0, 0.05) is 11.0 Å². The van der Waals surface area contributed by atoms with E-state index in [2.05, 4.69) is 20.8 Å². The quantitative estimate of drug-likeness (QED) is 0.783. The van der Waals surface area contributed by atoms with Crippen molar-refractivity contribution in [1.29, 1.82) is 0 Å². The van der Waals surface area contributed by atoms with Crippen molar-refractivity contribution in [2.75, 3.05) is 6.61 Å². The Bertz CT molecular complexity index is 566. The van der Waals surface area contributed by atoms with Crippen LogP contribution in [0.3, 0.4) is 0 Å². The zero-order chi connectivity index (χ0) is 17.5. The van der Waals surface area contributed by atoms with Crippen molar-refractivity contribution in [2.45, 2.75) is 65.7 Å². The highest BCUT2D eigenvalue weighted by Gasteiger charge is 2.55. The number of allylic oxidation sites excluding steroid dienone is 1. The number of ether oxygens (including phenoxy) is 1. The van der Waals surface area contributed by atoms with Gasteiger partial charge in [0.25, 0.3) is 0 Å². The number of fused-ring (bicyclic) bond motifs is 1. The van der Waals surface area contributed by atoms with Crippen LogP contribution in [-0.2, 0) is 14.3 Å². The van der Waals surface area contributed by atoms with Gasteiger partial charge in [-0.1, -0.05) is 26.8 Å². The summed E-state index contributed by atoms with van der Waals surface area (Å²) in [5.74, 6) is 0.182. The lowest BCUT2D eigenvalue weighted by atomic mass is 9.46. The standard InChI is InChI=1S/C20H30O4/c1-13-7-10-20(3)15(17(21)22)5-4-6-16(20)19(13,2)11-8-14-9-12-24-18(14)23/h5,13-14,16H,4,6-12H2,1-3H3,(H,21,22)/t13-,14?,16-,19+,20+/m1/s1. The average molecular weight is 334 g/mol. The predicted octanol–water partition coefficient (Wildman–Crippen LogP) is 4.19. The molecule has 1 saturated heterocycles. The normalized spacial score (nSPS) is 42.2. The Morgan fingerprint density at radius 3 is 2.71 bits per heavy atom. The Morgan fingerprint density at radius 2 is 2.08 bits per heavy atom. The Kier molecular flexibility index (Phi) is 4.52. The lowest BCUT2D eigenvalue weighted by molar-refractivity contribution is -0.141. The van der Waals surface area contributed by atoms with Gasteiger partial charge in [-0.25, -0.2) is 4.79 Å². The fourth-order valence-corrected chi connectivity index (χ4v) is 5.73. The number of rotatable bonds is 4. The van der Waals surface area contributed by atoms with Crippen molar-refractivity contribution >= 4 is 11.9 Å². The Hall–Kier alpha value is -1.32. The third-order valence-corrected chi connectivity index (χ3v) is 7.51. The van der Waals surface area contributed by atoms with Gasteiger partial charge in [0.05, 0.1) is 12.5 Å². The maximum Gasteiger partial charge on any atom is 0.331 e. The first-order valence-electron chi connectivity index (χ1n) is 9.39. The van der Waals surface area contributed by atoms with Crippen LogP contribution >= 0.6 is 0 Å². The number of esters is 1. The minimum atomic E-state index is -0.751. The summed E-state index contributed by atoms with van der Waals surface area (Å²) in [6.07, 6.45) is 8.58. The number of aliphatic carboxylic acids is 1. The summed E-state index contributed by atoms with van der Waals surface area (Å²) in [5.41, 5.74) is 0.476. The van der Waals surface area contributed by atoms with Gasteiger partial charge in [-0.05, 0) is 62.2 Å². The third-order valence-electron chi connectivity index (χ3n) is 7.51. The molecule has 0 bridgehead atoms. The summed E-state index contributed by atoms with van der Waals surface area (Å²) in [5, 5.41) is 9.69. The molecular formula is C20H30O4. The highest BCUT2D eigenvalue weighted by molar-refractivity contribution is 5.88. The van der Waals surface area contributed by atoms with Crippen molar-refractivity contribution in [1.82, 2.24) is 0 Å². The molecule has 134 valence electrons. The highest BCUT2D eigenvalue weighted by atomic mass is 16.5. The van der Waals surface area contributed by atoms with E-state index in [4.69, 9.17) is 4.74 Å². The molecule has 0 aromatic carbocycles. The van der Waals surface area contributed by atoms with Crippen molar-refractivity contribution in [2.24, 2.45) is 28.6 Å². The van der Waals surface area contributed by atoms with Gasteiger partial charge in [-0.3, -0.25) is 4.79 Å². The van der Waals surface area contributed by atoms with Gasteiger partial charge in [0.2, 0.25) is 0 Å². The van der Waals surface area contributed by atoms with Crippen molar-refractivity contribution in [3.8, 4) is 0 Å². The predicted molar refractivity (Wildman–Crippen MR) is 91.4 cm³/mol. The first-order chi connectivity index (χ1) is 11.3. The molecule has 0 spiro atoms. The van der Waals surface area contributed by atoms with Crippen molar-refractivity contribution in [3.05, 3.63) is 11.6 Å². The molecule has 5 atom stereocenters. The summed E-state index contributed by atoms with van der Waals surface area (Å²) >= 11 is 0. The van der Waals surface area contributed by atoms with Crippen LogP contribution in [0.4, 0.5) is 0 Å². The lowest BCUT2D eigenvalue weighted by Crippen LogP contribution is -2.51. The molecular weight excluding hydrogens is 304 g/mol.